The number of amides is 3. The first kappa shape index (κ1) is 17.2. The third-order valence-electron chi connectivity index (χ3n) is 3.00. The van der Waals surface area contributed by atoms with E-state index in [9.17, 15) is 14.4 Å². The first-order chi connectivity index (χ1) is 8.75. The molecule has 0 aromatic rings. The molecule has 0 aliphatic rings. The van der Waals surface area contributed by atoms with Crippen molar-refractivity contribution in [3.63, 3.8) is 0 Å². The van der Waals surface area contributed by atoms with Crippen LogP contribution in [0.3, 0.4) is 0 Å². The van der Waals surface area contributed by atoms with Gasteiger partial charge in [-0.15, -0.1) is 0 Å². The van der Waals surface area contributed by atoms with Crippen molar-refractivity contribution in [2.24, 2.45) is 17.6 Å². The average molecular weight is 273 g/mol. The summed E-state index contributed by atoms with van der Waals surface area (Å²) in [5, 5.41) is 13.9. The second kappa shape index (κ2) is 8.34. The van der Waals surface area contributed by atoms with E-state index in [0.29, 0.717) is 6.42 Å². The van der Waals surface area contributed by atoms with Crippen LogP contribution in [0.2, 0.25) is 0 Å². The van der Waals surface area contributed by atoms with Gasteiger partial charge in [-0.3, -0.25) is 4.79 Å². The molecule has 19 heavy (non-hydrogen) atoms. The lowest BCUT2D eigenvalue weighted by molar-refractivity contribution is -0.142. The maximum Gasteiger partial charge on any atom is 0.326 e. The van der Waals surface area contributed by atoms with Crippen LogP contribution in [0.4, 0.5) is 4.79 Å². The largest absolute Gasteiger partial charge is 0.480 e. The van der Waals surface area contributed by atoms with E-state index < -0.39 is 18.0 Å². The van der Waals surface area contributed by atoms with Crippen molar-refractivity contribution in [1.82, 2.24) is 10.6 Å². The van der Waals surface area contributed by atoms with Gasteiger partial charge in [-0.25, -0.2) is 9.59 Å². The summed E-state index contributed by atoms with van der Waals surface area (Å²) < 4.78 is 0. The number of hydrogen-bond donors (Lipinski definition) is 4. The molecule has 0 bridgehead atoms. The highest BCUT2D eigenvalue weighted by molar-refractivity contribution is 5.84. The molecule has 0 heterocycles. The number of urea groups is 1. The molecule has 0 aromatic heterocycles. The molecule has 0 rings (SSSR count). The van der Waals surface area contributed by atoms with Gasteiger partial charge in [0.05, 0.1) is 0 Å². The van der Waals surface area contributed by atoms with E-state index in [2.05, 4.69) is 10.6 Å². The number of nitrogens with one attached hydrogen (secondary N) is 2. The highest BCUT2D eigenvalue weighted by Gasteiger charge is 2.23. The van der Waals surface area contributed by atoms with E-state index in [4.69, 9.17) is 10.8 Å². The van der Waals surface area contributed by atoms with Gasteiger partial charge < -0.3 is 21.5 Å². The molecule has 0 aliphatic carbocycles. The predicted octanol–water partition coefficient (Wildman–Crippen LogP) is 0.296. The Kier molecular flexibility index (Phi) is 7.55. The van der Waals surface area contributed by atoms with Crippen molar-refractivity contribution in [3.8, 4) is 0 Å². The molecule has 0 radical (unpaired) electrons. The fraction of sp³-hybridized carbons (Fsp3) is 0.750. The molecule has 7 nitrogen and oxygen atoms in total. The molecule has 0 aliphatic heterocycles. The van der Waals surface area contributed by atoms with Gasteiger partial charge in [-0.1, -0.05) is 20.8 Å². The SMILES string of the molecule is CC(C)[C@H](C)C(=O)N[C@@H](CCCNC(N)=O)C(=O)O. The summed E-state index contributed by atoms with van der Waals surface area (Å²) in [4.78, 5) is 33.2. The summed E-state index contributed by atoms with van der Waals surface area (Å²) >= 11 is 0. The Bertz CT molecular complexity index is 331. The Morgan fingerprint density at radius 1 is 1.21 bits per heavy atom. The lowest BCUT2D eigenvalue weighted by Gasteiger charge is -2.19. The van der Waals surface area contributed by atoms with Gasteiger partial charge in [0, 0.05) is 12.5 Å². The molecule has 0 unspecified atom stereocenters. The number of aliphatic carboxylic acids is 1. The summed E-state index contributed by atoms with van der Waals surface area (Å²) in [5.74, 6) is -1.45. The van der Waals surface area contributed by atoms with Gasteiger partial charge in [0.2, 0.25) is 5.91 Å². The van der Waals surface area contributed by atoms with Crippen molar-refractivity contribution in [2.75, 3.05) is 6.54 Å². The van der Waals surface area contributed by atoms with E-state index >= 15 is 0 Å². The van der Waals surface area contributed by atoms with Gasteiger partial charge in [-0.2, -0.15) is 0 Å². The van der Waals surface area contributed by atoms with E-state index in [-0.39, 0.29) is 30.7 Å². The molecule has 0 saturated carbocycles. The maximum atomic E-state index is 11.8. The van der Waals surface area contributed by atoms with Gasteiger partial charge in [0.15, 0.2) is 0 Å². The van der Waals surface area contributed by atoms with Crippen molar-refractivity contribution in [1.29, 1.82) is 0 Å². The van der Waals surface area contributed by atoms with Crippen LogP contribution in [-0.4, -0.2) is 35.6 Å². The summed E-state index contributed by atoms with van der Waals surface area (Å²) in [6, 6.07) is -1.59. The van der Waals surface area contributed by atoms with Crippen LogP contribution in [0.25, 0.3) is 0 Å². The lowest BCUT2D eigenvalue weighted by atomic mass is 9.96. The Morgan fingerprint density at radius 3 is 2.21 bits per heavy atom. The quantitative estimate of drug-likeness (QED) is 0.475. The van der Waals surface area contributed by atoms with Crippen molar-refractivity contribution < 1.29 is 19.5 Å². The maximum absolute atomic E-state index is 11.8. The van der Waals surface area contributed by atoms with Crippen LogP contribution in [0.15, 0.2) is 0 Å². The highest BCUT2D eigenvalue weighted by Crippen LogP contribution is 2.10. The van der Waals surface area contributed by atoms with Gasteiger partial charge in [0.1, 0.15) is 6.04 Å². The van der Waals surface area contributed by atoms with Gasteiger partial charge in [0.25, 0.3) is 0 Å². The van der Waals surface area contributed by atoms with Crippen molar-refractivity contribution in [2.45, 2.75) is 39.7 Å². The van der Waals surface area contributed by atoms with Crippen molar-refractivity contribution in [3.05, 3.63) is 0 Å². The van der Waals surface area contributed by atoms with E-state index in [1.807, 2.05) is 13.8 Å². The molecular formula is C12H23N3O4. The molecule has 110 valence electrons. The topological polar surface area (TPSA) is 122 Å². The first-order valence-electron chi connectivity index (χ1n) is 6.32. The number of nitrogens with two attached hydrogens (primary N) is 1. The molecule has 7 heteroatoms. The Labute approximate surface area is 112 Å². The minimum Gasteiger partial charge on any atom is -0.480 e. The Hall–Kier alpha value is -1.79. The fourth-order valence-corrected chi connectivity index (χ4v) is 1.38. The van der Waals surface area contributed by atoms with Crippen LogP contribution < -0.4 is 16.4 Å². The molecular weight excluding hydrogens is 250 g/mol. The van der Waals surface area contributed by atoms with Gasteiger partial charge >= 0.3 is 12.0 Å². The van der Waals surface area contributed by atoms with Crippen LogP contribution in [0.1, 0.15) is 33.6 Å². The van der Waals surface area contributed by atoms with E-state index in [1.165, 1.54) is 0 Å². The minimum atomic E-state index is -1.08. The summed E-state index contributed by atoms with van der Waals surface area (Å²) in [7, 11) is 0. The summed E-state index contributed by atoms with van der Waals surface area (Å²) in [6.07, 6.45) is 0.669. The number of carbonyl (C=O) groups is 3. The van der Waals surface area contributed by atoms with Gasteiger partial charge in [-0.05, 0) is 18.8 Å². The zero-order valence-electron chi connectivity index (χ0n) is 11.6. The van der Waals surface area contributed by atoms with Crippen LogP contribution in [-0.2, 0) is 9.59 Å². The second-order valence-corrected chi connectivity index (χ2v) is 4.87. The molecule has 0 fully saturated rings. The molecule has 3 amide bonds. The fourth-order valence-electron chi connectivity index (χ4n) is 1.38. The van der Waals surface area contributed by atoms with Crippen LogP contribution in [0, 0.1) is 11.8 Å². The van der Waals surface area contributed by atoms with Crippen LogP contribution >= 0.6 is 0 Å². The monoisotopic (exact) mass is 273 g/mol. The number of rotatable bonds is 8. The Morgan fingerprint density at radius 2 is 1.79 bits per heavy atom. The lowest BCUT2D eigenvalue weighted by Crippen LogP contribution is -2.44. The zero-order chi connectivity index (χ0) is 15.0. The normalized spacial score (nSPS) is 13.7. The number of carboxylic acid groups (broad SMARTS) is 1. The number of hydrogen-bond acceptors (Lipinski definition) is 3. The smallest absolute Gasteiger partial charge is 0.326 e. The molecule has 5 N–H and O–H groups in total. The highest BCUT2D eigenvalue weighted by atomic mass is 16.4. The molecule has 2 atom stereocenters. The van der Waals surface area contributed by atoms with Crippen molar-refractivity contribution >= 4 is 17.9 Å². The molecule has 0 aromatic carbocycles. The average Bonchev–Trinajstić information content (AvgIpc) is 2.30. The molecule has 0 spiro atoms. The molecule has 0 saturated heterocycles. The second-order valence-electron chi connectivity index (χ2n) is 4.87. The predicted molar refractivity (Wildman–Crippen MR) is 70.4 cm³/mol. The Balaban J connectivity index is 4.23. The van der Waals surface area contributed by atoms with Crippen LogP contribution in [0.5, 0.6) is 0 Å². The summed E-state index contributed by atoms with van der Waals surface area (Å²) in [6.45, 7) is 5.84. The third kappa shape index (κ3) is 7.28. The first-order valence-corrected chi connectivity index (χ1v) is 6.32. The summed E-state index contributed by atoms with van der Waals surface area (Å²) in [5.41, 5.74) is 4.89. The number of primary amides is 1. The number of carbonyl (C=O) groups excluding carboxylic acids is 2. The zero-order valence-corrected chi connectivity index (χ0v) is 11.6. The van der Waals surface area contributed by atoms with E-state index in [1.54, 1.807) is 6.92 Å². The standard InChI is InChI=1S/C12H23N3O4/c1-7(2)8(3)10(16)15-9(11(17)18)5-4-6-14-12(13)19/h7-9H,4-6H2,1-3H3,(H,15,16)(H,17,18)(H3,13,14,19)/t8-,9-/m0/s1. The third-order valence-corrected chi connectivity index (χ3v) is 3.00. The minimum absolute atomic E-state index is 0.144. The van der Waals surface area contributed by atoms with E-state index in [0.717, 1.165) is 0 Å². The number of carboxylic acids is 1.